The van der Waals surface area contributed by atoms with Gasteiger partial charge in [0.2, 0.25) is 0 Å². The maximum absolute atomic E-state index is 12.9. The quantitative estimate of drug-likeness (QED) is 0.708. The van der Waals surface area contributed by atoms with Crippen LogP contribution in [-0.4, -0.2) is 39.1 Å². The average molecular weight is 359 g/mol. The molecule has 0 saturated heterocycles. The zero-order chi connectivity index (χ0) is 18.4. The highest BCUT2D eigenvalue weighted by molar-refractivity contribution is 5.84. The Labute approximate surface area is 152 Å². The summed E-state index contributed by atoms with van der Waals surface area (Å²) in [5, 5.41) is 0. The number of aromatic nitrogens is 2. The van der Waals surface area contributed by atoms with Crippen molar-refractivity contribution in [3.8, 4) is 0 Å². The number of hydrogen-bond donors (Lipinski definition) is 0. The summed E-state index contributed by atoms with van der Waals surface area (Å²) in [6.07, 6.45) is 11.1. The molecule has 1 amide bonds. The van der Waals surface area contributed by atoms with Crippen molar-refractivity contribution in [3.05, 3.63) is 42.9 Å². The third kappa shape index (κ3) is 4.33. The van der Waals surface area contributed by atoms with Gasteiger partial charge in [0.15, 0.2) is 0 Å². The average Bonchev–Trinajstić information content (AvgIpc) is 3.42. The lowest BCUT2D eigenvalue weighted by Gasteiger charge is -2.29. The number of hydrogen-bond acceptors (Lipinski definition) is 5. The van der Waals surface area contributed by atoms with Gasteiger partial charge in [0.05, 0.1) is 19.4 Å². The van der Waals surface area contributed by atoms with Crippen molar-refractivity contribution in [2.24, 2.45) is 5.92 Å². The van der Waals surface area contributed by atoms with Crippen LogP contribution in [0, 0.1) is 5.92 Å². The third-order valence-corrected chi connectivity index (χ3v) is 4.85. The zero-order valence-corrected chi connectivity index (χ0v) is 15.0. The molecular weight excluding hydrogens is 334 g/mol. The standard InChI is InChI=1S/C19H25N3O4/c1-2-17(18(23)26-13-15-6-3-4-7-15)22(12-16-8-5-11-25-16)19(24)21-10-9-20-14-21/h5,8-11,14-15,17H,2-4,6-7,12-13H2,1H3/t17-/m1/s1. The minimum atomic E-state index is -0.670. The van der Waals surface area contributed by atoms with E-state index in [0.717, 1.165) is 12.8 Å². The molecule has 0 aromatic carbocycles. The number of carbonyl (C=O) groups excluding carboxylic acids is 2. The minimum absolute atomic E-state index is 0.195. The van der Waals surface area contributed by atoms with E-state index >= 15 is 0 Å². The van der Waals surface area contributed by atoms with E-state index in [0.29, 0.717) is 24.7 Å². The van der Waals surface area contributed by atoms with Crippen molar-refractivity contribution >= 4 is 12.0 Å². The van der Waals surface area contributed by atoms with Crippen LogP contribution >= 0.6 is 0 Å². The molecule has 1 fully saturated rings. The molecule has 2 heterocycles. The molecule has 0 spiro atoms. The molecule has 26 heavy (non-hydrogen) atoms. The molecule has 0 bridgehead atoms. The first-order valence-electron chi connectivity index (χ1n) is 9.17. The monoisotopic (exact) mass is 359 g/mol. The van der Waals surface area contributed by atoms with Crippen molar-refractivity contribution in [1.29, 1.82) is 0 Å². The van der Waals surface area contributed by atoms with E-state index in [1.165, 1.54) is 34.8 Å². The van der Waals surface area contributed by atoms with Crippen LogP contribution in [0.5, 0.6) is 0 Å². The van der Waals surface area contributed by atoms with Crippen LogP contribution in [0.2, 0.25) is 0 Å². The molecular formula is C19H25N3O4. The van der Waals surface area contributed by atoms with Gasteiger partial charge in [-0.3, -0.25) is 4.57 Å². The molecule has 7 heteroatoms. The summed E-state index contributed by atoms with van der Waals surface area (Å²) in [6, 6.07) is 2.54. The first-order chi connectivity index (χ1) is 12.7. The highest BCUT2D eigenvalue weighted by Gasteiger charge is 2.32. The highest BCUT2D eigenvalue weighted by atomic mass is 16.5. The van der Waals surface area contributed by atoms with E-state index < -0.39 is 6.04 Å². The Balaban J connectivity index is 1.73. The summed E-state index contributed by atoms with van der Waals surface area (Å²) in [6.45, 7) is 2.50. The fourth-order valence-electron chi connectivity index (χ4n) is 3.39. The molecule has 1 atom stereocenters. The first kappa shape index (κ1) is 18.2. The molecule has 3 rings (SSSR count). The zero-order valence-electron chi connectivity index (χ0n) is 15.0. The van der Waals surface area contributed by atoms with Crippen molar-refractivity contribution in [1.82, 2.24) is 14.5 Å². The Bertz CT molecular complexity index is 690. The molecule has 0 N–H and O–H groups in total. The van der Waals surface area contributed by atoms with E-state index in [1.807, 2.05) is 6.92 Å². The van der Waals surface area contributed by atoms with E-state index in [9.17, 15) is 9.59 Å². The Kier molecular flexibility index (Phi) is 6.09. The molecule has 140 valence electrons. The molecule has 7 nitrogen and oxygen atoms in total. The van der Waals surface area contributed by atoms with Crippen molar-refractivity contribution < 1.29 is 18.7 Å². The number of imidazole rings is 1. The summed E-state index contributed by atoms with van der Waals surface area (Å²) in [5.41, 5.74) is 0. The number of rotatable bonds is 7. The number of nitrogens with zero attached hydrogens (tertiary/aromatic N) is 3. The first-order valence-corrected chi connectivity index (χ1v) is 9.17. The largest absolute Gasteiger partial charge is 0.467 e. The Hall–Kier alpha value is -2.57. The highest BCUT2D eigenvalue weighted by Crippen LogP contribution is 2.25. The molecule has 0 unspecified atom stereocenters. The number of esters is 1. The molecule has 2 aromatic rings. The maximum atomic E-state index is 12.9. The SMILES string of the molecule is CC[C@H](C(=O)OCC1CCCC1)N(Cc1ccco1)C(=O)n1ccnc1. The smallest absolute Gasteiger partial charge is 0.330 e. The lowest BCUT2D eigenvalue weighted by Crippen LogP contribution is -2.46. The minimum Gasteiger partial charge on any atom is -0.467 e. The summed E-state index contributed by atoms with van der Waals surface area (Å²) in [5.74, 6) is 0.694. The second-order valence-electron chi connectivity index (χ2n) is 6.66. The van der Waals surface area contributed by atoms with E-state index in [1.54, 1.807) is 24.6 Å². The van der Waals surface area contributed by atoms with Crippen molar-refractivity contribution in [3.63, 3.8) is 0 Å². The second kappa shape index (κ2) is 8.69. The van der Waals surface area contributed by atoms with Gasteiger partial charge in [0.25, 0.3) is 0 Å². The third-order valence-electron chi connectivity index (χ3n) is 4.85. The van der Waals surface area contributed by atoms with Gasteiger partial charge in [-0.15, -0.1) is 0 Å². The second-order valence-corrected chi connectivity index (χ2v) is 6.66. The van der Waals surface area contributed by atoms with E-state index in [4.69, 9.17) is 9.15 Å². The molecule has 1 saturated carbocycles. The molecule has 1 aliphatic rings. The van der Waals surface area contributed by atoms with Crippen LogP contribution in [0.15, 0.2) is 41.5 Å². The van der Waals surface area contributed by atoms with Crippen LogP contribution in [0.3, 0.4) is 0 Å². The maximum Gasteiger partial charge on any atom is 0.330 e. The number of amides is 1. The summed E-state index contributed by atoms with van der Waals surface area (Å²) in [7, 11) is 0. The fourth-order valence-corrected chi connectivity index (χ4v) is 3.39. The lowest BCUT2D eigenvalue weighted by atomic mass is 10.1. The Morgan fingerprint density at radius 1 is 1.42 bits per heavy atom. The lowest BCUT2D eigenvalue weighted by molar-refractivity contribution is -0.150. The predicted octanol–water partition coefficient (Wildman–Crippen LogP) is 3.46. The normalized spacial score (nSPS) is 15.7. The van der Waals surface area contributed by atoms with Crippen molar-refractivity contribution in [2.45, 2.75) is 51.6 Å². The van der Waals surface area contributed by atoms with Crippen molar-refractivity contribution in [2.75, 3.05) is 6.61 Å². The van der Waals surface area contributed by atoms with Crippen LogP contribution < -0.4 is 0 Å². The van der Waals surface area contributed by atoms with Crippen LogP contribution in [0.25, 0.3) is 0 Å². The van der Waals surface area contributed by atoms with Gasteiger partial charge in [-0.2, -0.15) is 0 Å². The van der Waals surface area contributed by atoms with Gasteiger partial charge in [0.1, 0.15) is 18.1 Å². The van der Waals surface area contributed by atoms with Gasteiger partial charge in [0, 0.05) is 12.4 Å². The number of ether oxygens (including phenoxy) is 1. The molecule has 1 aliphatic carbocycles. The Morgan fingerprint density at radius 2 is 2.23 bits per heavy atom. The topological polar surface area (TPSA) is 77.6 Å². The molecule has 2 aromatic heterocycles. The van der Waals surface area contributed by atoms with Gasteiger partial charge >= 0.3 is 12.0 Å². The molecule has 0 aliphatic heterocycles. The van der Waals surface area contributed by atoms with Gasteiger partial charge in [-0.05, 0) is 37.3 Å². The number of carbonyl (C=O) groups is 2. The van der Waals surface area contributed by atoms with Gasteiger partial charge < -0.3 is 14.1 Å². The van der Waals surface area contributed by atoms with Gasteiger partial charge in [-0.1, -0.05) is 19.8 Å². The summed E-state index contributed by atoms with van der Waals surface area (Å²) < 4.78 is 12.3. The van der Waals surface area contributed by atoms with Crippen LogP contribution in [-0.2, 0) is 16.1 Å². The molecule has 0 radical (unpaired) electrons. The van der Waals surface area contributed by atoms with E-state index in [-0.39, 0.29) is 18.5 Å². The van der Waals surface area contributed by atoms with E-state index in [2.05, 4.69) is 4.98 Å². The Morgan fingerprint density at radius 3 is 2.85 bits per heavy atom. The predicted molar refractivity (Wildman–Crippen MR) is 94.3 cm³/mol. The fraction of sp³-hybridized carbons (Fsp3) is 0.526. The summed E-state index contributed by atoms with van der Waals surface area (Å²) in [4.78, 5) is 31.0. The van der Waals surface area contributed by atoms with Crippen LogP contribution in [0.1, 0.15) is 44.8 Å². The van der Waals surface area contributed by atoms with Gasteiger partial charge in [-0.25, -0.2) is 14.6 Å². The summed E-state index contributed by atoms with van der Waals surface area (Å²) >= 11 is 0. The van der Waals surface area contributed by atoms with Crippen LogP contribution in [0.4, 0.5) is 4.79 Å². The number of furan rings is 1.